The molecule has 5 rings (SSSR count). The number of para-hydroxylation sites is 2. The molecule has 0 radical (unpaired) electrons. The lowest BCUT2D eigenvalue weighted by molar-refractivity contribution is 0.211. The third kappa shape index (κ3) is 3.75. The maximum atomic E-state index is 10.7. The third-order valence-electron chi connectivity index (χ3n) is 4.96. The van der Waals surface area contributed by atoms with Gasteiger partial charge in [-0.3, -0.25) is 0 Å². The fourth-order valence-electron chi connectivity index (χ4n) is 3.41. The number of fused-ring (bicyclic) bond motifs is 1. The van der Waals surface area contributed by atoms with E-state index in [2.05, 4.69) is 24.9 Å². The van der Waals surface area contributed by atoms with E-state index in [-0.39, 0.29) is 0 Å². The molecule has 158 valence electrons. The van der Waals surface area contributed by atoms with Crippen molar-refractivity contribution >= 4 is 11.0 Å². The number of benzene rings is 2. The maximum Gasteiger partial charge on any atom is 0.246 e. The van der Waals surface area contributed by atoms with Gasteiger partial charge in [0, 0.05) is 18.6 Å². The second kappa shape index (κ2) is 8.44. The van der Waals surface area contributed by atoms with Gasteiger partial charge >= 0.3 is 0 Å². The Morgan fingerprint density at radius 3 is 2.44 bits per heavy atom. The summed E-state index contributed by atoms with van der Waals surface area (Å²) in [4.78, 5) is 20.6. The zero-order chi connectivity index (χ0) is 21.9. The smallest absolute Gasteiger partial charge is 0.246 e. The summed E-state index contributed by atoms with van der Waals surface area (Å²) in [6.07, 6.45) is 3.90. The van der Waals surface area contributed by atoms with E-state index in [1.807, 2.05) is 30.3 Å². The van der Waals surface area contributed by atoms with Crippen LogP contribution in [-0.4, -0.2) is 37.1 Å². The first-order valence-electron chi connectivity index (χ1n) is 9.94. The highest BCUT2D eigenvalue weighted by Crippen LogP contribution is 2.34. The Balaban J connectivity index is 1.40. The van der Waals surface area contributed by atoms with Crippen LogP contribution in [0.5, 0.6) is 17.5 Å². The SMILES string of the molecule is COc1ncccc1-c1nccnc1Oc1ccc(C(O)c2nc3ccccc3[nH]2)cc1. The van der Waals surface area contributed by atoms with Crippen LogP contribution in [0.2, 0.25) is 0 Å². The predicted molar refractivity (Wildman–Crippen MR) is 118 cm³/mol. The molecule has 2 aromatic carbocycles. The maximum absolute atomic E-state index is 10.7. The quantitative estimate of drug-likeness (QED) is 0.418. The zero-order valence-electron chi connectivity index (χ0n) is 17.1. The van der Waals surface area contributed by atoms with Gasteiger partial charge in [-0.2, -0.15) is 0 Å². The number of imidazole rings is 1. The van der Waals surface area contributed by atoms with Crippen LogP contribution >= 0.6 is 0 Å². The average Bonchev–Trinajstić information content (AvgIpc) is 3.29. The molecule has 5 aromatic rings. The third-order valence-corrected chi connectivity index (χ3v) is 4.96. The van der Waals surface area contributed by atoms with Crippen molar-refractivity contribution in [2.75, 3.05) is 7.11 Å². The van der Waals surface area contributed by atoms with E-state index in [0.717, 1.165) is 11.0 Å². The number of rotatable bonds is 6. The van der Waals surface area contributed by atoms with E-state index < -0.39 is 6.10 Å². The minimum Gasteiger partial charge on any atom is -0.481 e. The topological polar surface area (TPSA) is 106 Å². The van der Waals surface area contributed by atoms with Crippen molar-refractivity contribution < 1.29 is 14.6 Å². The van der Waals surface area contributed by atoms with Gasteiger partial charge < -0.3 is 19.6 Å². The molecule has 3 heterocycles. The first-order chi connectivity index (χ1) is 15.7. The van der Waals surface area contributed by atoms with Crippen LogP contribution in [0.15, 0.2) is 79.3 Å². The first-order valence-corrected chi connectivity index (χ1v) is 9.94. The number of methoxy groups -OCH3 is 1. The highest BCUT2D eigenvalue weighted by atomic mass is 16.5. The standard InChI is InChI=1S/C24H19N5O3/c1-31-23-17(5-4-12-26-23)20-24(27-14-13-25-20)32-16-10-8-15(9-11-16)21(30)22-28-18-6-2-3-7-19(18)29-22/h2-14,21,30H,1H3,(H,28,29). The summed E-state index contributed by atoms with van der Waals surface area (Å²) < 4.78 is 11.3. The number of H-pyrrole nitrogens is 1. The summed E-state index contributed by atoms with van der Waals surface area (Å²) in [5.74, 6) is 1.79. The molecule has 8 heteroatoms. The number of pyridine rings is 1. The molecule has 0 saturated carbocycles. The van der Waals surface area contributed by atoms with Gasteiger partial charge in [-0.1, -0.05) is 24.3 Å². The molecule has 0 amide bonds. The highest BCUT2D eigenvalue weighted by Gasteiger charge is 2.17. The number of ether oxygens (including phenoxy) is 2. The van der Waals surface area contributed by atoms with E-state index in [9.17, 15) is 5.11 Å². The second-order valence-corrected chi connectivity index (χ2v) is 6.98. The molecule has 0 aliphatic carbocycles. The zero-order valence-corrected chi connectivity index (χ0v) is 17.1. The molecule has 3 aromatic heterocycles. The monoisotopic (exact) mass is 425 g/mol. The second-order valence-electron chi connectivity index (χ2n) is 6.98. The fourth-order valence-corrected chi connectivity index (χ4v) is 3.41. The van der Waals surface area contributed by atoms with Crippen LogP contribution in [-0.2, 0) is 0 Å². The van der Waals surface area contributed by atoms with E-state index in [1.54, 1.807) is 56.0 Å². The van der Waals surface area contributed by atoms with E-state index in [0.29, 0.717) is 40.2 Å². The van der Waals surface area contributed by atoms with Crippen molar-refractivity contribution in [1.82, 2.24) is 24.9 Å². The summed E-state index contributed by atoms with van der Waals surface area (Å²) in [6.45, 7) is 0. The summed E-state index contributed by atoms with van der Waals surface area (Å²) in [6, 6.07) is 18.4. The number of aromatic amines is 1. The Morgan fingerprint density at radius 1 is 0.844 bits per heavy atom. The number of aliphatic hydroxyl groups is 1. The molecule has 0 spiro atoms. The molecule has 0 bridgehead atoms. The molecule has 0 saturated heterocycles. The predicted octanol–water partition coefficient (Wildman–Crippen LogP) is 4.30. The summed E-state index contributed by atoms with van der Waals surface area (Å²) in [7, 11) is 1.55. The van der Waals surface area contributed by atoms with E-state index in [4.69, 9.17) is 9.47 Å². The molecule has 0 aliphatic heterocycles. The molecule has 1 atom stereocenters. The van der Waals surface area contributed by atoms with Gasteiger partial charge in [0.1, 0.15) is 23.4 Å². The molecule has 2 N–H and O–H groups in total. The van der Waals surface area contributed by atoms with Crippen LogP contribution in [0, 0.1) is 0 Å². The molecular formula is C24H19N5O3. The van der Waals surface area contributed by atoms with Crippen molar-refractivity contribution in [3.63, 3.8) is 0 Å². The Hall–Kier alpha value is -4.30. The van der Waals surface area contributed by atoms with Gasteiger partial charge in [0.05, 0.1) is 23.7 Å². The largest absolute Gasteiger partial charge is 0.481 e. The van der Waals surface area contributed by atoms with Gasteiger partial charge in [-0.15, -0.1) is 0 Å². The van der Waals surface area contributed by atoms with Crippen molar-refractivity contribution in [3.8, 4) is 28.8 Å². The van der Waals surface area contributed by atoms with Crippen molar-refractivity contribution in [2.24, 2.45) is 0 Å². The minimum absolute atomic E-state index is 0.324. The molecule has 1 unspecified atom stereocenters. The Labute approximate surface area is 183 Å². The van der Waals surface area contributed by atoms with Crippen molar-refractivity contribution in [3.05, 3.63) is 90.6 Å². The van der Waals surface area contributed by atoms with Crippen LogP contribution in [0.25, 0.3) is 22.3 Å². The fraction of sp³-hybridized carbons (Fsp3) is 0.0833. The van der Waals surface area contributed by atoms with Crippen LogP contribution in [0.1, 0.15) is 17.5 Å². The molecule has 0 aliphatic rings. The first kappa shape index (κ1) is 19.7. The summed E-state index contributed by atoms with van der Waals surface area (Å²) in [5, 5.41) is 10.7. The molecule has 8 nitrogen and oxygen atoms in total. The van der Waals surface area contributed by atoms with Gasteiger partial charge in [-0.05, 0) is 42.0 Å². The molecular weight excluding hydrogens is 406 g/mol. The molecule has 32 heavy (non-hydrogen) atoms. The number of nitrogens with zero attached hydrogens (tertiary/aromatic N) is 4. The van der Waals surface area contributed by atoms with Crippen LogP contribution in [0.3, 0.4) is 0 Å². The van der Waals surface area contributed by atoms with E-state index in [1.165, 1.54) is 0 Å². The normalized spacial score (nSPS) is 11.9. The Morgan fingerprint density at radius 2 is 1.62 bits per heavy atom. The Bertz CT molecular complexity index is 1330. The van der Waals surface area contributed by atoms with Crippen LogP contribution in [0.4, 0.5) is 0 Å². The number of aromatic nitrogens is 5. The van der Waals surface area contributed by atoms with Gasteiger partial charge in [-0.25, -0.2) is 19.9 Å². The number of hydrogen-bond acceptors (Lipinski definition) is 7. The van der Waals surface area contributed by atoms with E-state index >= 15 is 0 Å². The average molecular weight is 425 g/mol. The summed E-state index contributed by atoms with van der Waals surface area (Å²) >= 11 is 0. The summed E-state index contributed by atoms with van der Waals surface area (Å²) in [5.41, 5.74) is 3.56. The number of nitrogens with one attached hydrogen (secondary N) is 1. The number of aliphatic hydroxyl groups excluding tert-OH is 1. The van der Waals surface area contributed by atoms with Crippen LogP contribution < -0.4 is 9.47 Å². The Kier molecular flexibility index (Phi) is 5.19. The highest BCUT2D eigenvalue weighted by molar-refractivity contribution is 5.75. The van der Waals surface area contributed by atoms with Crippen molar-refractivity contribution in [2.45, 2.75) is 6.10 Å². The number of hydrogen-bond donors (Lipinski definition) is 2. The van der Waals surface area contributed by atoms with Crippen molar-refractivity contribution in [1.29, 1.82) is 0 Å². The lowest BCUT2D eigenvalue weighted by atomic mass is 10.1. The minimum atomic E-state index is -0.886. The lowest BCUT2D eigenvalue weighted by Gasteiger charge is -2.12. The lowest BCUT2D eigenvalue weighted by Crippen LogP contribution is -2.02. The van der Waals surface area contributed by atoms with Gasteiger partial charge in [0.2, 0.25) is 11.8 Å². The molecule has 0 fully saturated rings. The van der Waals surface area contributed by atoms with Gasteiger partial charge in [0.15, 0.2) is 0 Å². The van der Waals surface area contributed by atoms with Gasteiger partial charge in [0.25, 0.3) is 0 Å².